The Morgan fingerprint density at radius 1 is 1.00 bits per heavy atom. The molecule has 2 aromatic rings. The molecule has 2 aromatic carbocycles. The maximum absolute atomic E-state index is 10.4. The van der Waals surface area contributed by atoms with Gasteiger partial charge in [-0.25, -0.2) is 0 Å². The van der Waals surface area contributed by atoms with E-state index in [1.807, 2.05) is 12.1 Å². The smallest absolute Gasteiger partial charge is 0.107 e. The van der Waals surface area contributed by atoms with Gasteiger partial charge in [0, 0.05) is 19.6 Å². The van der Waals surface area contributed by atoms with Crippen LogP contribution in [0.4, 0.5) is 0 Å². The van der Waals surface area contributed by atoms with Crippen LogP contribution in [0.2, 0.25) is 0 Å². The summed E-state index contributed by atoms with van der Waals surface area (Å²) >= 11 is 0. The molecule has 1 aliphatic heterocycles. The molecular formula is C26H30N2. The van der Waals surface area contributed by atoms with Crippen molar-refractivity contribution in [1.82, 2.24) is 4.90 Å². The summed E-state index contributed by atoms with van der Waals surface area (Å²) < 4.78 is 0. The molecule has 1 saturated heterocycles. The average Bonchev–Trinajstić information content (AvgIpc) is 3.16. The summed E-state index contributed by atoms with van der Waals surface area (Å²) in [7, 11) is 0. The van der Waals surface area contributed by atoms with Crippen molar-refractivity contribution < 1.29 is 0 Å². The van der Waals surface area contributed by atoms with Gasteiger partial charge in [-0.05, 0) is 55.6 Å². The second-order valence-electron chi connectivity index (χ2n) is 8.77. The van der Waals surface area contributed by atoms with Crippen LogP contribution in [-0.4, -0.2) is 24.5 Å². The first kappa shape index (κ1) is 19.0. The molecule has 2 nitrogen and oxygen atoms in total. The number of hydrogen-bond donors (Lipinski definition) is 0. The van der Waals surface area contributed by atoms with Crippen LogP contribution in [0.5, 0.6) is 0 Å². The standard InChI is InChI=1S/C26H30N2/c1-20(2)10-9-15-28-17-24-23(25(24)18-28)16-26(19-27,21-11-5-3-6-12-21)22-13-7-4-8-14-22/h3-8,10-14,23-25H,9,15-18H2,1-2H3. The highest BCUT2D eigenvalue weighted by atomic mass is 15.2. The fourth-order valence-electron chi connectivity index (χ4n) is 5.13. The first-order valence-corrected chi connectivity index (χ1v) is 10.5. The second-order valence-corrected chi connectivity index (χ2v) is 8.77. The summed E-state index contributed by atoms with van der Waals surface area (Å²) in [5.41, 5.74) is 3.14. The van der Waals surface area contributed by atoms with Gasteiger partial charge >= 0.3 is 0 Å². The van der Waals surface area contributed by atoms with E-state index >= 15 is 0 Å². The lowest BCUT2D eigenvalue weighted by atomic mass is 9.71. The molecule has 0 radical (unpaired) electrons. The Labute approximate surface area is 169 Å². The third-order valence-electron chi connectivity index (χ3n) is 6.71. The van der Waals surface area contributed by atoms with Crippen LogP contribution in [0.1, 0.15) is 37.8 Å². The number of rotatable bonds is 7. The number of likely N-dealkylation sites (tertiary alicyclic amines) is 1. The van der Waals surface area contributed by atoms with E-state index in [9.17, 15) is 5.26 Å². The lowest BCUT2D eigenvalue weighted by molar-refractivity contribution is 0.280. The minimum Gasteiger partial charge on any atom is -0.302 e. The molecule has 2 fully saturated rings. The molecule has 2 atom stereocenters. The summed E-state index contributed by atoms with van der Waals surface area (Å²) in [6.45, 7) is 7.93. The van der Waals surface area contributed by atoms with Gasteiger partial charge in [0.25, 0.3) is 0 Å². The van der Waals surface area contributed by atoms with Crippen LogP contribution < -0.4 is 0 Å². The Hall–Kier alpha value is -2.37. The third-order valence-corrected chi connectivity index (χ3v) is 6.71. The topological polar surface area (TPSA) is 27.0 Å². The van der Waals surface area contributed by atoms with Gasteiger partial charge in [-0.3, -0.25) is 0 Å². The van der Waals surface area contributed by atoms with E-state index in [0.717, 1.165) is 35.8 Å². The van der Waals surface area contributed by atoms with Gasteiger partial charge in [-0.15, -0.1) is 0 Å². The lowest BCUT2D eigenvalue weighted by Gasteiger charge is -2.29. The number of fused-ring (bicyclic) bond motifs is 1. The van der Waals surface area contributed by atoms with E-state index in [0.29, 0.717) is 5.92 Å². The maximum atomic E-state index is 10.4. The van der Waals surface area contributed by atoms with E-state index in [2.05, 4.69) is 79.4 Å². The molecule has 0 spiro atoms. The van der Waals surface area contributed by atoms with Gasteiger partial charge in [-0.2, -0.15) is 5.26 Å². The molecule has 1 saturated carbocycles. The highest BCUT2D eigenvalue weighted by molar-refractivity contribution is 5.46. The Morgan fingerprint density at radius 3 is 2.00 bits per heavy atom. The van der Waals surface area contributed by atoms with E-state index in [1.165, 1.54) is 25.2 Å². The molecule has 2 aliphatic rings. The zero-order valence-corrected chi connectivity index (χ0v) is 17.0. The van der Waals surface area contributed by atoms with Crippen LogP contribution in [0, 0.1) is 29.1 Å². The Bertz CT molecular complexity index is 807. The summed E-state index contributed by atoms with van der Waals surface area (Å²) in [6.07, 6.45) is 4.43. The fourth-order valence-corrected chi connectivity index (χ4v) is 5.13. The number of benzene rings is 2. The molecule has 4 rings (SSSR count). The molecule has 1 aliphatic carbocycles. The zero-order valence-electron chi connectivity index (χ0n) is 17.0. The number of allylic oxidation sites excluding steroid dienone is 1. The fraction of sp³-hybridized carbons (Fsp3) is 0.423. The van der Waals surface area contributed by atoms with Gasteiger partial charge in [0.2, 0.25) is 0 Å². The van der Waals surface area contributed by atoms with Crippen molar-refractivity contribution in [2.24, 2.45) is 17.8 Å². The minimum atomic E-state index is -0.537. The summed E-state index contributed by atoms with van der Waals surface area (Å²) in [4.78, 5) is 2.62. The van der Waals surface area contributed by atoms with Crippen molar-refractivity contribution in [1.29, 1.82) is 5.26 Å². The Morgan fingerprint density at radius 2 is 1.54 bits per heavy atom. The van der Waals surface area contributed by atoms with Crippen LogP contribution >= 0.6 is 0 Å². The molecule has 0 aromatic heterocycles. The second kappa shape index (κ2) is 7.94. The molecule has 1 heterocycles. The number of nitriles is 1. The quantitative estimate of drug-likeness (QED) is 0.609. The molecular weight excluding hydrogens is 340 g/mol. The summed E-state index contributed by atoms with van der Waals surface area (Å²) in [5.74, 6) is 2.21. The van der Waals surface area contributed by atoms with Crippen molar-refractivity contribution in [2.45, 2.75) is 32.1 Å². The van der Waals surface area contributed by atoms with Gasteiger partial charge in [0.1, 0.15) is 5.41 Å². The Kier molecular flexibility index (Phi) is 5.38. The number of nitrogens with zero attached hydrogens (tertiary/aromatic N) is 2. The van der Waals surface area contributed by atoms with E-state index in [1.54, 1.807) is 0 Å². The normalized spacial score (nSPS) is 23.7. The first-order valence-electron chi connectivity index (χ1n) is 10.5. The molecule has 2 heteroatoms. The van der Waals surface area contributed by atoms with Gasteiger partial charge < -0.3 is 4.90 Å². The number of piperidine rings is 1. The van der Waals surface area contributed by atoms with Gasteiger partial charge in [-0.1, -0.05) is 72.3 Å². The van der Waals surface area contributed by atoms with Crippen LogP contribution in [0.25, 0.3) is 0 Å². The molecule has 0 bridgehead atoms. The lowest BCUT2D eigenvalue weighted by Crippen LogP contribution is -2.30. The van der Waals surface area contributed by atoms with Crippen LogP contribution in [-0.2, 0) is 5.41 Å². The summed E-state index contributed by atoms with van der Waals surface area (Å²) in [5, 5.41) is 10.4. The maximum Gasteiger partial charge on any atom is 0.107 e. The van der Waals surface area contributed by atoms with Crippen molar-refractivity contribution in [3.05, 3.63) is 83.4 Å². The molecule has 2 unspecified atom stereocenters. The molecule has 28 heavy (non-hydrogen) atoms. The minimum absolute atomic E-state index is 0.537. The highest BCUT2D eigenvalue weighted by Gasteiger charge is 2.57. The Balaban J connectivity index is 1.49. The monoisotopic (exact) mass is 370 g/mol. The van der Waals surface area contributed by atoms with Crippen molar-refractivity contribution in [3.8, 4) is 6.07 Å². The zero-order chi connectivity index (χ0) is 19.6. The first-order chi connectivity index (χ1) is 13.6. The van der Waals surface area contributed by atoms with E-state index in [4.69, 9.17) is 0 Å². The predicted molar refractivity (Wildman–Crippen MR) is 115 cm³/mol. The molecule has 144 valence electrons. The van der Waals surface area contributed by atoms with E-state index < -0.39 is 5.41 Å². The van der Waals surface area contributed by atoms with Crippen molar-refractivity contribution >= 4 is 0 Å². The highest BCUT2D eigenvalue weighted by Crippen LogP contribution is 2.57. The third kappa shape index (κ3) is 3.64. The van der Waals surface area contributed by atoms with Crippen LogP contribution in [0.15, 0.2) is 72.3 Å². The van der Waals surface area contributed by atoms with Crippen molar-refractivity contribution in [3.63, 3.8) is 0 Å². The van der Waals surface area contributed by atoms with Gasteiger partial charge in [0.05, 0.1) is 6.07 Å². The predicted octanol–water partition coefficient (Wildman–Crippen LogP) is 5.42. The number of hydrogen-bond acceptors (Lipinski definition) is 2. The van der Waals surface area contributed by atoms with E-state index in [-0.39, 0.29) is 0 Å². The van der Waals surface area contributed by atoms with Crippen molar-refractivity contribution in [2.75, 3.05) is 19.6 Å². The SMILES string of the molecule is CC(C)=CCCN1CC2C(C1)C2CC(C#N)(c1ccccc1)c1ccccc1. The van der Waals surface area contributed by atoms with Gasteiger partial charge in [0.15, 0.2) is 0 Å². The largest absolute Gasteiger partial charge is 0.302 e. The average molecular weight is 371 g/mol. The van der Waals surface area contributed by atoms with Crippen LogP contribution in [0.3, 0.4) is 0 Å². The molecule has 0 amide bonds. The summed E-state index contributed by atoms with van der Waals surface area (Å²) in [6, 6.07) is 23.5. The molecule has 0 N–H and O–H groups in total.